The summed E-state index contributed by atoms with van der Waals surface area (Å²) in [5.41, 5.74) is 0.497. The normalized spacial score (nSPS) is 10.2. The highest BCUT2D eigenvalue weighted by molar-refractivity contribution is 8.14. The zero-order chi connectivity index (χ0) is 12.3. The van der Waals surface area contributed by atoms with Crippen molar-refractivity contribution < 1.29 is 14.3 Å². The van der Waals surface area contributed by atoms with Crippen LogP contribution in [0.15, 0.2) is 53.4 Å². The predicted molar refractivity (Wildman–Crippen MR) is 64.7 cm³/mol. The number of hydrogen-bond donors (Lipinski definition) is 1. The van der Waals surface area contributed by atoms with Crippen molar-refractivity contribution in [2.45, 2.75) is 4.90 Å². The zero-order valence-electron chi connectivity index (χ0n) is 8.76. The third kappa shape index (κ3) is 3.07. The van der Waals surface area contributed by atoms with Crippen LogP contribution in [0.5, 0.6) is 5.75 Å². The number of rotatable bonds is 2. The largest absolute Gasteiger partial charge is 0.508 e. The molecule has 0 heterocycles. The summed E-state index contributed by atoms with van der Waals surface area (Å²) in [4.78, 5) is 12.5. The summed E-state index contributed by atoms with van der Waals surface area (Å²) < 4.78 is 12.7. The fourth-order valence-electron chi connectivity index (χ4n) is 1.27. The van der Waals surface area contributed by atoms with Crippen LogP contribution in [0.25, 0.3) is 0 Å². The van der Waals surface area contributed by atoms with Crippen LogP contribution in [0.3, 0.4) is 0 Å². The summed E-state index contributed by atoms with van der Waals surface area (Å²) >= 11 is 1.02. The first kappa shape index (κ1) is 11.7. The second kappa shape index (κ2) is 5.01. The molecule has 0 atom stereocenters. The van der Waals surface area contributed by atoms with Gasteiger partial charge in [-0.15, -0.1) is 0 Å². The monoisotopic (exact) mass is 248 g/mol. The minimum absolute atomic E-state index is 0.119. The third-order valence-corrected chi connectivity index (χ3v) is 3.06. The Balaban J connectivity index is 2.11. The van der Waals surface area contributed by atoms with Crippen molar-refractivity contribution in [3.8, 4) is 5.75 Å². The average molecular weight is 248 g/mol. The summed E-state index contributed by atoms with van der Waals surface area (Å²) in [5, 5.41) is 8.96. The number of carbonyl (C=O) groups is 1. The molecule has 0 radical (unpaired) electrons. The summed E-state index contributed by atoms with van der Waals surface area (Å²) in [6.07, 6.45) is 0. The maximum absolute atomic E-state index is 12.7. The van der Waals surface area contributed by atoms with Crippen molar-refractivity contribution in [2.24, 2.45) is 0 Å². The number of carbonyl (C=O) groups excluding carboxylic acids is 1. The zero-order valence-corrected chi connectivity index (χ0v) is 9.58. The molecule has 2 aromatic carbocycles. The van der Waals surface area contributed by atoms with Crippen LogP contribution in [-0.4, -0.2) is 10.2 Å². The van der Waals surface area contributed by atoms with Gasteiger partial charge >= 0.3 is 0 Å². The fourth-order valence-corrected chi connectivity index (χ4v) is 2.01. The van der Waals surface area contributed by atoms with E-state index in [4.69, 9.17) is 5.11 Å². The van der Waals surface area contributed by atoms with Crippen molar-refractivity contribution in [3.05, 3.63) is 59.9 Å². The SMILES string of the molecule is O=C(Sc1ccc(F)cc1)c1ccc(O)cc1. The number of halogens is 1. The molecule has 0 spiro atoms. The van der Waals surface area contributed by atoms with Crippen LogP contribution in [-0.2, 0) is 0 Å². The molecule has 0 aliphatic rings. The van der Waals surface area contributed by atoms with Gasteiger partial charge in [-0.25, -0.2) is 4.39 Å². The Kier molecular flexibility index (Phi) is 3.44. The Morgan fingerprint density at radius 3 is 2.18 bits per heavy atom. The highest BCUT2D eigenvalue weighted by atomic mass is 32.2. The topological polar surface area (TPSA) is 37.3 Å². The lowest BCUT2D eigenvalue weighted by molar-refractivity contribution is 0.108. The van der Waals surface area contributed by atoms with E-state index in [0.717, 1.165) is 11.8 Å². The Labute approximate surface area is 102 Å². The molecule has 17 heavy (non-hydrogen) atoms. The molecule has 2 nitrogen and oxygen atoms in total. The smallest absolute Gasteiger partial charge is 0.224 e. The molecule has 0 saturated carbocycles. The molecule has 0 aliphatic heterocycles. The maximum atomic E-state index is 12.7. The molecular weight excluding hydrogens is 239 g/mol. The van der Waals surface area contributed by atoms with Gasteiger partial charge in [0.2, 0.25) is 5.12 Å². The van der Waals surface area contributed by atoms with Gasteiger partial charge in [-0.2, -0.15) is 0 Å². The standard InChI is InChI=1S/C13H9FO2S/c14-10-3-7-12(8-4-10)17-13(16)9-1-5-11(15)6-2-9/h1-8,15H. The average Bonchev–Trinajstić information content (AvgIpc) is 2.33. The van der Waals surface area contributed by atoms with E-state index in [2.05, 4.69) is 0 Å². The van der Waals surface area contributed by atoms with Crippen molar-refractivity contribution >= 4 is 16.9 Å². The lowest BCUT2D eigenvalue weighted by Crippen LogP contribution is -1.92. The molecule has 1 N–H and O–H groups in total. The Morgan fingerprint density at radius 2 is 1.59 bits per heavy atom. The van der Waals surface area contributed by atoms with Gasteiger partial charge in [0.05, 0.1) is 0 Å². The maximum Gasteiger partial charge on any atom is 0.224 e. The van der Waals surface area contributed by atoms with Crippen LogP contribution in [0, 0.1) is 5.82 Å². The molecule has 0 bridgehead atoms. The van der Waals surface area contributed by atoms with E-state index in [1.165, 1.54) is 24.3 Å². The molecule has 0 amide bonds. The van der Waals surface area contributed by atoms with Crippen molar-refractivity contribution in [2.75, 3.05) is 0 Å². The number of phenols is 1. The Bertz CT molecular complexity index is 520. The first-order valence-corrected chi connectivity index (χ1v) is 5.73. The first-order chi connectivity index (χ1) is 8.15. The molecule has 4 heteroatoms. The van der Waals surface area contributed by atoms with Gasteiger partial charge in [-0.05, 0) is 60.3 Å². The van der Waals surface area contributed by atoms with Crippen LogP contribution in [0.4, 0.5) is 4.39 Å². The van der Waals surface area contributed by atoms with Gasteiger partial charge in [0, 0.05) is 10.5 Å². The number of benzene rings is 2. The van der Waals surface area contributed by atoms with E-state index in [9.17, 15) is 9.18 Å². The van der Waals surface area contributed by atoms with Gasteiger partial charge in [0.1, 0.15) is 11.6 Å². The van der Waals surface area contributed by atoms with Gasteiger partial charge in [0.25, 0.3) is 0 Å². The summed E-state index contributed by atoms with van der Waals surface area (Å²) in [7, 11) is 0. The summed E-state index contributed by atoms with van der Waals surface area (Å²) in [6, 6.07) is 11.7. The van der Waals surface area contributed by atoms with Crippen LogP contribution in [0.2, 0.25) is 0 Å². The molecule has 0 unspecified atom stereocenters. The third-order valence-electron chi connectivity index (χ3n) is 2.13. The highest BCUT2D eigenvalue weighted by Crippen LogP contribution is 2.23. The van der Waals surface area contributed by atoms with Gasteiger partial charge in [0.15, 0.2) is 0 Å². The van der Waals surface area contributed by atoms with Gasteiger partial charge < -0.3 is 5.11 Å². The van der Waals surface area contributed by atoms with Crippen molar-refractivity contribution in [1.82, 2.24) is 0 Å². The number of phenolic OH excluding ortho intramolecular Hbond substituents is 1. The Morgan fingerprint density at radius 1 is 1.00 bits per heavy atom. The summed E-state index contributed by atoms with van der Waals surface area (Å²) in [5.74, 6) is -0.209. The second-order valence-electron chi connectivity index (χ2n) is 3.39. The minimum atomic E-state index is -0.327. The molecule has 0 aliphatic carbocycles. The van der Waals surface area contributed by atoms with E-state index in [1.54, 1.807) is 24.3 Å². The van der Waals surface area contributed by atoms with Crippen molar-refractivity contribution in [3.63, 3.8) is 0 Å². The number of thioether (sulfide) groups is 1. The van der Waals surface area contributed by atoms with Gasteiger partial charge in [-0.1, -0.05) is 0 Å². The molecule has 2 rings (SSSR count). The van der Waals surface area contributed by atoms with Gasteiger partial charge in [-0.3, -0.25) is 4.79 Å². The van der Waals surface area contributed by atoms with E-state index in [1.807, 2.05) is 0 Å². The van der Waals surface area contributed by atoms with E-state index < -0.39 is 0 Å². The van der Waals surface area contributed by atoms with E-state index >= 15 is 0 Å². The highest BCUT2D eigenvalue weighted by Gasteiger charge is 2.07. The molecule has 86 valence electrons. The minimum Gasteiger partial charge on any atom is -0.508 e. The van der Waals surface area contributed by atoms with E-state index in [0.29, 0.717) is 10.5 Å². The Hall–Kier alpha value is -1.81. The number of aromatic hydroxyl groups is 1. The molecule has 0 saturated heterocycles. The fraction of sp³-hybridized carbons (Fsp3) is 0. The summed E-state index contributed by atoms with van der Waals surface area (Å²) in [6.45, 7) is 0. The van der Waals surface area contributed by atoms with Crippen molar-refractivity contribution in [1.29, 1.82) is 0 Å². The lowest BCUT2D eigenvalue weighted by atomic mass is 10.2. The first-order valence-electron chi connectivity index (χ1n) is 4.92. The molecule has 0 fully saturated rings. The lowest BCUT2D eigenvalue weighted by Gasteiger charge is -2.01. The molecular formula is C13H9FO2S. The second-order valence-corrected chi connectivity index (χ2v) is 4.44. The quantitative estimate of drug-likeness (QED) is 0.827. The van der Waals surface area contributed by atoms with Crippen LogP contribution >= 0.6 is 11.8 Å². The van der Waals surface area contributed by atoms with E-state index in [-0.39, 0.29) is 16.7 Å². The molecule has 0 aromatic heterocycles. The number of hydrogen-bond acceptors (Lipinski definition) is 3. The van der Waals surface area contributed by atoms with Crippen LogP contribution in [0.1, 0.15) is 10.4 Å². The molecule has 2 aromatic rings. The van der Waals surface area contributed by atoms with Crippen LogP contribution < -0.4 is 0 Å². The predicted octanol–water partition coefficient (Wildman–Crippen LogP) is 3.46.